The molecule has 0 nitrogen and oxygen atoms in total. The van der Waals surface area contributed by atoms with Crippen molar-refractivity contribution in [2.75, 3.05) is 0 Å². The van der Waals surface area contributed by atoms with Crippen LogP contribution in [-0.4, -0.2) is 0 Å². The molecule has 0 aromatic heterocycles. The smallest absolute Gasteiger partial charge is 0.126 e. The lowest BCUT2D eigenvalue weighted by molar-refractivity contribution is 0.618. The first-order valence-corrected chi connectivity index (χ1v) is 14.3. The molecular weight excluding hydrogens is 499 g/mol. The first kappa shape index (κ1) is 35.3. The molecule has 0 fully saturated rings. The molecule has 1 heteroatoms. The van der Waals surface area contributed by atoms with Crippen molar-refractivity contribution in [2.45, 2.75) is 81.6 Å². The lowest BCUT2D eigenvalue weighted by Crippen LogP contribution is -1.94. The Morgan fingerprint density at radius 3 is 1.56 bits per heavy atom. The van der Waals surface area contributed by atoms with Gasteiger partial charge >= 0.3 is 0 Å². The molecule has 41 heavy (non-hydrogen) atoms. The van der Waals surface area contributed by atoms with Crippen LogP contribution in [0, 0.1) is 33.5 Å². The molecule has 218 valence electrons. The van der Waals surface area contributed by atoms with Crippen molar-refractivity contribution in [1.82, 2.24) is 0 Å². The summed E-state index contributed by atoms with van der Waals surface area (Å²) < 4.78 is 12.5. The third-order valence-corrected chi connectivity index (χ3v) is 7.07. The molecule has 0 saturated carbocycles. The van der Waals surface area contributed by atoms with Gasteiger partial charge in [-0.25, -0.2) is 4.39 Å². The SMILES string of the molecule is C.C=C(C)CC.CC(c1ccccc1)c1ccccc1.CC1=C(c2cc(C)ccc2C)C1.Cc1ccc(F)c(C)c1. The highest BCUT2D eigenvalue weighted by atomic mass is 19.1. The maximum Gasteiger partial charge on any atom is 0.126 e. The molecular formula is C40H51F. The van der Waals surface area contributed by atoms with E-state index in [1.165, 1.54) is 45.9 Å². The molecule has 0 spiro atoms. The molecule has 0 saturated heterocycles. The van der Waals surface area contributed by atoms with Crippen LogP contribution in [0.2, 0.25) is 0 Å². The van der Waals surface area contributed by atoms with Crippen molar-refractivity contribution in [3.8, 4) is 0 Å². The zero-order chi connectivity index (χ0) is 29.7. The van der Waals surface area contributed by atoms with Gasteiger partial charge in [-0.05, 0) is 93.8 Å². The third kappa shape index (κ3) is 12.6. The first-order chi connectivity index (χ1) is 19.0. The van der Waals surface area contributed by atoms with Gasteiger partial charge in [0, 0.05) is 5.92 Å². The molecule has 0 aliphatic heterocycles. The molecule has 0 amide bonds. The minimum absolute atomic E-state index is 0. The van der Waals surface area contributed by atoms with Crippen LogP contribution in [0.5, 0.6) is 0 Å². The fraction of sp³-hybridized carbons (Fsp3) is 0.300. The van der Waals surface area contributed by atoms with Crippen molar-refractivity contribution in [2.24, 2.45) is 0 Å². The van der Waals surface area contributed by atoms with Gasteiger partial charge in [0.15, 0.2) is 0 Å². The average molecular weight is 551 g/mol. The van der Waals surface area contributed by atoms with Crippen LogP contribution in [0.4, 0.5) is 4.39 Å². The highest BCUT2D eigenvalue weighted by Crippen LogP contribution is 2.40. The molecule has 1 aliphatic rings. The minimum Gasteiger partial charge on any atom is -0.207 e. The van der Waals surface area contributed by atoms with E-state index in [2.05, 4.69) is 120 Å². The second-order valence-corrected chi connectivity index (χ2v) is 10.9. The van der Waals surface area contributed by atoms with Crippen molar-refractivity contribution in [3.05, 3.63) is 160 Å². The van der Waals surface area contributed by atoms with E-state index in [0.29, 0.717) is 5.92 Å². The van der Waals surface area contributed by atoms with E-state index >= 15 is 0 Å². The molecule has 0 atom stereocenters. The Morgan fingerprint density at radius 1 is 0.732 bits per heavy atom. The van der Waals surface area contributed by atoms with E-state index in [4.69, 9.17) is 0 Å². The van der Waals surface area contributed by atoms with Crippen LogP contribution >= 0.6 is 0 Å². The van der Waals surface area contributed by atoms with Crippen LogP contribution in [0.25, 0.3) is 5.57 Å². The number of hydrogen-bond acceptors (Lipinski definition) is 0. The van der Waals surface area contributed by atoms with E-state index in [1.807, 2.05) is 19.9 Å². The van der Waals surface area contributed by atoms with Crippen molar-refractivity contribution in [1.29, 1.82) is 0 Å². The van der Waals surface area contributed by atoms with Crippen molar-refractivity contribution >= 4 is 5.57 Å². The van der Waals surface area contributed by atoms with Gasteiger partial charge in [0.1, 0.15) is 5.82 Å². The summed E-state index contributed by atoms with van der Waals surface area (Å²) >= 11 is 0. The Balaban J connectivity index is 0.000000286. The maximum atomic E-state index is 12.5. The molecule has 0 N–H and O–H groups in total. The largest absolute Gasteiger partial charge is 0.207 e. The summed E-state index contributed by atoms with van der Waals surface area (Å²) in [6.45, 7) is 20.3. The molecule has 0 heterocycles. The van der Waals surface area contributed by atoms with Crippen molar-refractivity contribution in [3.63, 3.8) is 0 Å². The van der Waals surface area contributed by atoms with E-state index in [0.717, 1.165) is 17.5 Å². The van der Waals surface area contributed by atoms with Gasteiger partial charge in [-0.1, -0.05) is 135 Å². The van der Waals surface area contributed by atoms with Crippen molar-refractivity contribution < 1.29 is 4.39 Å². The quantitative estimate of drug-likeness (QED) is 0.222. The topological polar surface area (TPSA) is 0 Å². The van der Waals surface area contributed by atoms with Crippen LogP contribution < -0.4 is 0 Å². The number of allylic oxidation sites excluding steroid dienone is 3. The van der Waals surface area contributed by atoms with E-state index < -0.39 is 0 Å². The van der Waals surface area contributed by atoms with E-state index in [1.54, 1.807) is 24.1 Å². The Labute approximate surface area is 250 Å². The highest BCUT2D eigenvalue weighted by molar-refractivity contribution is 5.83. The number of rotatable bonds is 4. The molecule has 0 bridgehead atoms. The summed E-state index contributed by atoms with van der Waals surface area (Å²) in [7, 11) is 0. The number of aryl methyl sites for hydroxylation is 4. The van der Waals surface area contributed by atoms with Gasteiger partial charge in [0.2, 0.25) is 0 Å². The number of benzene rings is 4. The second kappa shape index (κ2) is 17.9. The average Bonchev–Trinajstić information content (AvgIpc) is 3.69. The zero-order valence-electron chi connectivity index (χ0n) is 25.8. The van der Waals surface area contributed by atoms with Gasteiger partial charge < -0.3 is 0 Å². The normalized spacial score (nSPS) is 11.1. The van der Waals surface area contributed by atoms with Gasteiger partial charge in [-0.15, -0.1) is 6.58 Å². The standard InChI is InChI=1S/C14H14.C12H14.C8H9F.C5H10.CH4/c1-12(13-8-4-2-5-9-13)14-10-6-3-7-11-14;1-8-4-5-9(2)11(6-8)12-7-10(12)3;1-6-3-4-8(9)7(2)5-6;1-4-5(2)3;/h2-12H,1H3;4-6H,7H2,1-3H3;3-5H,1-2H3;2,4H2,1,3H3;1H4. The van der Waals surface area contributed by atoms with Crippen LogP contribution in [0.3, 0.4) is 0 Å². The summed E-state index contributed by atoms with van der Waals surface area (Å²) in [4.78, 5) is 0. The molecule has 0 radical (unpaired) electrons. The van der Waals surface area contributed by atoms with Gasteiger partial charge in [0.25, 0.3) is 0 Å². The van der Waals surface area contributed by atoms with Crippen LogP contribution in [-0.2, 0) is 0 Å². The van der Waals surface area contributed by atoms with Crippen LogP contribution in [0.15, 0.2) is 115 Å². The predicted molar refractivity (Wildman–Crippen MR) is 181 cm³/mol. The molecule has 1 aliphatic carbocycles. The Morgan fingerprint density at radius 2 is 1.17 bits per heavy atom. The van der Waals surface area contributed by atoms with E-state index in [9.17, 15) is 4.39 Å². The predicted octanol–water partition coefficient (Wildman–Crippen LogP) is 12.4. The third-order valence-electron chi connectivity index (χ3n) is 7.07. The monoisotopic (exact) mass is 550 g/mol. The summed E-state index contributed by atoms with van der Waals surface area (Å²) in [5, 5.41) is 0. The van der Waals surface area contributed by atoms with Crippen LogP contribution in [0.1, 0.15) is 92.8 Å². The first-order valence-electron chi connectivity index (χ1n) is 14.3. The minimum atomic E-state index is -0.124. The lowest BCUT2D eigenvalue weighted by Gasteiger charge is -2.11. The second-order valence-electron chi connectivity index (χ2n) is 10.9. The summed E-state index contributed by atoms with van der Waals surface area (Å²) in [5.41, 5.74) is 13.2. The molecule has 4 aromatic carbocycles. The summed E-state index contributed by atoms with van der Waals surface area (Å²) in [6, 6.07) is 33.0. The fourth-order valence-corrected chi connectivity index (χ4v) is 4.08. The number of halogens is 1. The molecule has 5 rings (SSSR count). The van der Waals surface area contributed by atoms with Gasteiger partial charge in [-0.2, -0.15) is 0 Å². The summed E-state index contributed by atoms with van der Waals surface area (Å²) in [5.74, 6) is 0.359. The summed E-state index contributed by atoms with van der Waals surface area (Å²) in [6.07, 6.45) is 2.34. The van der Waals surface area contributed by atoms with Gasteiger partial charge in [0.05, 0.1) is 0 Å². The Bertz CT molecular complexity index is 1340. The lowest BCUT2D eigenvalue weighted by atomic mass is 9.93. The molecule has 4 aromatic rings. The Kier molecular flexibility index (Phi) is 15.4. The van der Waals surface area contributed by atoms with Gasteiger partial charge in [-0.3, -0.25) is 0 Å². The maximum absolute atomic E-state index is 12.5. The van der Waals surface area contributed by atoms with E-state index in [-0.39, 0.29) is 13.2 Å². The zero-order valence-corrected chi connectivity index (χ0v) is 25.8. The Hall–Kier alpha value is -3.71. The highest BCUT2D eigenvalue weighted by Gasteiger charge is 2.19. The fourth-order valence-electron chi connectivity index (χ4n) is 4.08. The number of hydrogen-bond donors (Lipinski definition) is 0. The molecule has 0 unspecified atom stereocenters.